The lowest BCUT2D eigenvalue weighted by molar-refractivity contribution is -0.141. The third-order valence-electron chi connectivity index (χ3n) is 6.28. The number of unbranched alkanes of at least 4 members (excludes halogenated alkanes) is 3. The molecule has 1 aromatic rings. The number of benzene rings is 1. The van der Waals surface area contributed by atoms with Gasteiger partial charge < -0.3 is 4.74 Å². The average Bonchev–Trinajstić information content (AvgIpc) is 2.71. The first-order valence-electron chi connectivity index (χ1n) is 10.8. The van der Waals surface area contributed by atoms with Gasteiger partial charge in [0, 0.05) is 0 Å². The number of hydrogen-bond acceptors (Lipinski definition) is 3. The van der Waals surface area contributed by atoms with Crippen LogP contribution in [0.4, 0.5) is 0 Å². The van der Waals surface area contributed by atoms with Gasteiger partial charge in [-0.3, -0.25) is 0 Å². The summed E-state index contributed by atoms with van der Waals surface area (Å²) in [6.07, 6.45) is 12.5. The van der Waals surface area contributed by atoms with Gasteiger partial charge in [-0.05, 0) is 68.6 Å². The second-order valence-electron chi connectivity index (χ2n) is 8.32. The zero-order valence-electron chi connectivity index (χ0n) is 17.3. The van der Waals surface area contributed by atoms with Gasteiger partial charge in [-0.25, -0.2) is 4.79 Å². The van der Waals surface area contributed by atoms with Gasteiger partial charge in [-0.15, -0.1) is 0 Å². The minimum atomic E-state index is -1.08. The summed E-state index contributed by atoms with van der Waals surface area (Å²) in [5.41, 5.74) is 0.270. The van der Waals surface area contributed by atoms with E-state index in [-0.39, 0.29) is 0 Å². The van der Waals surface area contributed by atoms with Crippen molar-refractivity contribution < 1.29 is 9.53 Å². The van der Waals surface area contributed by atoms with Gasteiger partial charge >= 0.3 is 5.97 Å². The smallest absolute Gasteiger partial charge is 0.331 e. The first-order chi connectivity index (χ1) is 13.0. The Balaban J connectivity index is 1.82. The fourth-order valence-electron chi connectivity index (χ4n) is 3.94. The zero-order chi connectivity index (χ0) is 19.7. The summed E-state index contributed by atoms with van der Waals surface area (Å²) < 4.78 is 5.42. The first kappa shape index (κ1) is 21.5. The van der Waals surface area contributed by atoms with Gasteiger partial charge in [0.2, 0.25) is 0 Å². The van der Waals surface area contributed by atoms with E-state index in [0.717, 1.165) is 5.92 Å². The summed E-state index contributed by atoms with van der Waals surface area (Å²) in [6.45, 7) is 5.72. The molecule has 0 bridgehead atoms. The molecule has 1 aliphatic carbocycles. The lowest BCUT2D eigenvalue weighted by atomic mass is 9.77. The van der Waals surface area contributed by atoms with Crippen LogP contribution >= 0.6 is 0 Å². The number of hydrogen-bond donors (Lipinski definition) is 0. The van der Waals surface area contributed by atoms with Gasteiger partial charge in [-0.1, -0.05) is 58.1 Å². The van der Waals surface area contributed by atoms with Crippen LogP contribution in [-0.2, 0) is 4.79 Å². The minimum absolute atomic E-state index is 0.447. The molecule has 27 heavy (non-hydrogen) atoms. The van der Waals surface area contributed by atoms with Crippen LogP contribution in [0.25, 0.3) is 0 Å². The highest BCUT2D eigenvalue weighted by Gasteiger charge is 2.33. The molecule has 0 spiro atoms. The summed E-state index contributed by atoms with van der Waals surface area (Å²) in [4.78, 5) is 12.2. The molecule has 3 heteroatoms. The Labute approximate surface area is 165 Å². The molecule has 0 amide bonds. The normalized spacial score (nSPS) is 21.9. The number of esters is 1. The quantitative estimate of drug-likeness (QED) is 0.274. The van der Waals surface area contributed by atoms with E-state index in [0.29, 0.717) is 18.1 Å². The molecule has 0 radical (unpaired) electrons. The van der Waals surface area contributed by atoms with Crippen LogP contribution in [0.2, 0.25) is 0 Å². The van der Waals surface area contributed by atoms with Crippen molar-refractivity contribution in [3.8, 4) is 11.8 Å². The first-order valence-corrected chi connectivity index (χ1v) is 10.8. The molecule has 3 nitrogen and oxygen atoms in total. The molecule has 1 aliphatic rings. The summed E-state index contributed by atoms with van der Waals surface area (Å²) in [6, 6.07) is 9.98. The second kappa shape index (κ2) is 10.5. The monoisotopic (exact) mass is 369 g/mol. The van der Waals surface area contributed by atoms with E-state index in [1.807, 2.05) is 19.1 Å². The summed E-state index contributed by atoms with van der Waals surface area (Å²) >= 11 is 0. The molecule has 1 unspecified atom stereocenters. The Bertz CT molecular complexity index is 623. The third-order valence-corrected chi connectivity index (χ3v) is 6.28. The molecule has 0 heterocycles. The van der Waals surface area contributed by atoms with Gasteiger partial charge in [0.25, 0.3) is 0 Å². The maximum absolute atomic E-state index is 12.2. The van der Waals surface area contributed by atoms with E-state index in [1.165, 1.54) is 63.4 Å². The predicted molar refractivity (Wildman–Crippen MR) is 110 cm³/mol. The summed E-state index contributed by atoms with van der Waals surface area (Å²) in [5, 5.41) is 9.20. The van der Waals surface area contributed by atoms with E-state index < -0.39 is 11.4 Å². The van der Waals surface area contributed by atoms with E-state index >= 15 is 0 Å². The Morgan fingerprint density at radius 1 is 1.11 bits per heavy atom. The standard InChI is InChI=1S/C24H35NO2/c1-4-6-7-8-9-19-10-12-20(13-11-19)21-14-16-22(17-15-21)27-23(26)24(3,5-2)18-25/h14-17,19-20H,4-13H2,1-3H3. The highest BCUT2D eigenvalue weighted by Crippen LogP contribution is 2.38. The lowest BCUT2D eigenvalue weighted by Gasteiger charge is -2.29. The fourth-order valence-corrected chi connectivity index (χ4v) is 3.94. The molecule has 148 valence electrons. The minimum Gasteiger partial charge on any atom is -0.425 e. The Morgan fingerprint density at radius 2 is 1.78 bits per heavy atom. The number of carbonyl (C=O) groups excluding carboxylic acids is 1. The van der Waals surface area contributed by atoms with Gasteiger partial charge in [0.05, 0.1) is 6.07 Å². The number of rotatable bonds is 9. The van der Waals surface area contributed by atoms with Gasteiger partial charge in [0.1, 0.15) is 5.75 Å². The van der Waals surface area contributed by atoms with E-state index in [4.69, 9.17) is 4.74 Å². The van der Waals surface area contributed by atoms with Crippen LogP contribution in [0.3, 0.4) is 0 Å². The number of nitriles is 1. The highest BCUT2D eigenvalue weighted by atomic mass is 16.5. The third kappa shape index (κ3) is 6.09. The molecule has 1 aromatic carbocycles. The number of nitrogens with zero attached hydrogens (tertiary/aromatic N) is 1. The van der Waals surface area contributed by atoms with Crippen molar-refractivity contribution in [2.24, 2.45) is 11.3 Å². The molecular formula is C24H35NO2. The van der Waals surface area contributed by atoms with Crippen molar-refractivity contribution >= 4 is 5.97 Å². The van der Waals surface area contributed by atoms with Crippen LogP contribution in [0.15, 0.2) is 24.3 Å². The number of carbonyl (C=O) groups is 1. The molecule has 1 atom stereocenters. The SMILES string of the molecule is CCCCCCC1CCC(c2ccc(OC(=O)C(C)(C#N)CC)cc2)CC1. The molecule has 0 aromatic heterocycles. The largest absolute Gasteiger partial charge is 0.425 e. The predicted octanol–water partition coefficient (Wildman–Crippen LogP) is 6.78. The molecule has 0 saturated heterocycles. The van der Waals surface area contributed by atoms with Crippen molar-refractivity contribution in [1.82, 2.24) is 0 Å². The second-order valence-corrected chi connectivity index (χ2v) is 8.32. The fraction of sp³-hybridized carbons (Fsp3) is 0.667. The van der Waals surface area contributed by atoms with Crippen LogP contribution in [0.1, 0.15) is 96.5 Å². The molecule has 0 aliphatic heterocycles. The Morgan fingerprint density at radius 3 is 2.33 bits per heavy atom. The summed E-state index contributed by atoms with van der Waals surface area (Å²) in [5.74, 6) is 1.60. The van der Waals surface area contributed by atoms with Crippen LogP contribution < -0.4 is 4.74 Å². The van der Waals surface area contributed by atoms with Crippen molar-refractivity contribution in [1.29, 1.82) is 5.26 Å². The topological polar surface area (TPSA) is 50.1 Å². The zero-order valence-corrected chi connectivity index (χ0v) is 17.3. The van der Waals surface area contributed by atoms with E-state index in [1.54, 1.807) is 6.92 Å². The van der Waals surface area contributed by atoms with Gasteiger partial charge in [0.15, 0.2) is 5.41 Å². The van der Waals surface area contributed by atoms with Crippen molar-refractivity contribution in [2.75, 3.05) is 0 Å². The van der Waals surface area contributed by atoms with Crippen molar-refractivity contribution in [2.45, 2.75) is 90.9 Å². The van der Waals surface area contributed by atoms with Crippen molar-refractivity contribution in [3.63, 3.8) is 0 Å². The molecule has 1 saturated carbocycles. The maximum Gasteiger partial charge on any atom is 0.331 e. The number of ether oxygens (including phenoxy) is 1. The lowest BCUT2D eigenvalue weighted by Crippen LogP contribution is -2.29. The van der Waals surface area contributed by atoms with Crippen LogP contribution in [-0.4, -0.2) is 5.97 Å². The average molecular weight is 370 g/mol. The summed E-state index contributed by atoms with van der Waals surface area (Å²) in [7, 11) is 0. The molecule has 0 N–H and O–H groups in total. The molecule has 1 fully saturated rings. The van der Waals surface area contributed by atoms with E-state index in [2.05, 4.69) is 25.1 Å². The van der Waals surface area contributed by atoms with Crippen LogP contribution in [0, 0.1) is 22.7 Å². The Kier molecular flexibility index (Phi) is 8.35. The van der Waals surface area contributed by atoms with E-state index in [9.17, 15) is 10.1 Å². The highest BCUT2D eigenvalue weighted by molar-refractivity contribution is 5.81. The Hall–Kier alpha value is -1.82. The van der Waals surface area contributed by atoms with Gasteiger partial charge in [-0.2, -0.15) is 5.26 Å². The maximum atomic E-state index is 12.2. The van der Waals surface area contributed by atoms with Crippen LogP contribution in [0.5, 0.6) is 5.75 Å². The molecular weight excluding hydrogens is 334 g/mol. The molecule has 2 rings (SSSR count). The van der Waals surface area contributed by atoms with Crippen molar-refractivity contribution in [3.05, 3.63) is 29.8 Å².